The van der Waals surface area contributed by atoms with Gasteiger partial charge in [0.15, 0.2) is 0 Å². The molecule has 0 radical (unpaired) electrons. The van der Waals surface area contributed by atoms with Crippen LogP contribution in [0.4, 0.5) is 34.1 Å². The Hall–Kier alpha value is -14.8. The van der Waals surface area contributed by atoms with Gasteiger partial charge in [-0.1, -0.05) is 413 Å². The van der Waals surface area contributed by atoms with E-state index in [1.807, 2.05) is 0 Å². The van der Waals surface area contributed by atoms with Gasteiger partial charge in [-0.3, -0.25) is 0 Å². The van der Waals surface area contributed by atoms with Crippen LogP contribution in [0.2, 0.25) is 0 Å². The monoisotopic (exact) mass is 1440 g/mol. The summed E-state index contributed by atoms with van der Waals surface area (Å²) in [5, 5.41) is 2.32. The predicted octanol–water partition coefficient (Wildman–Crippen LogP) is 26.8. The van der Waals surface area contributed by atoms with E-state index in [-0.39, 0.29) is 6.71 Å². The van der Waals surface area contributed by atoms with Gasteiger partial charge in [-0.2, -0.15) is 0 Å². The van der Waals surface area contributed by atoms with Gasteiger partial charge in [0.25, 0.3) is 6.71 Å². The normalized spacial score (nSPS) is 12.0. The van der Waals surface area contributed by atoms with Crippen LogP contribution in [-0.4, -0.2) is 15.8 Å². The largest absolute Gasteiger partial charge is 0.310 e. The molecule has 19 aromatic rings. The molecule has 4 nitrogen and oxygen atoms in total. The molecule has 0 aliphatic carbocycles. The first-order chi connectivity index (χ1) is 56.2. The van der Waals surface area contributed by atoms with Crippen molar-refractivity contribution in [3.05, 3.63) is 443 Å². The minimum absolute atomic E-state index is 0.352. The van der Waals surface area contributed by atoms with E-state index in [1.54, 1.807) is 0 Å². The SMILES string of the molecule is c1ccc(-c2ccc3c(c2)B2c4ccc(-n5c(-c6ccccc6)c(-c6ccccc6)c(-c6ccccc6)c5-c5ccccc5)cc4N(c4c(-c5ccccc5)cccc4-c4ccccc4)c4cc(-n5c(-c6ccccc6)c6ccccc6c5-c5ccccc5)cc(c42)N3c2c(-c3ccccc3)cccc2-c2ccccc2)cc1. The number of aromatic nitrogens is 2. The fourth-order valence-electron chi connectivity index (χ4n) is 18.1. The van der Waals surface area contributed by atoms with Crippen LogP contribution in [-0.2, 0) is 0 Å². The van der Waals surface area contributed by atoms with Crippen molar-refractivity contribution in [1.82, 2.24) is 9.13 Å². The van der Waals surface area contributed by atoms with E-state index < -0.39 is 0 Å². The first-order valence-corrected chi connectivity index (χ1v) is 39.0. The van der Waals surface area contributed by atoms with Crippen molar-refractivity contribution in [2.45, 2.75) is 0 Å². The molecule has 0 unspecified atom stereocenters. The maximum Gasteiger partial charge on any atom is 0.252 e. The Bertz CT molecular complexity index is 6440. The summed E-state index contributed by atoms with van der Waals surface area (Å²) >= 11 is 0. The summed E-state index contributed by atoms with van der Waals surface area (Å²) in [4.78, 5) is 5.39. The topological polar surface area (TPSA) is 16.3 Å². The highest BCUT2D eigenvalue weighted by molar-refractivity contribution is 7.00. The van der Waals surface area contributed by atoms with Crippen LogP contribution in [0, 0.1) is 0 Å². The average molecular weight is 1440 g/mol. The highest BCUT2D eigenvalue weighted by atomic mass is 15.2. The molecule has 0 fully saturated rings. The second-order valence-corrected chi connectivity index (χ2v) is 29.3. The molecule has 4 heterocycles. The van der Waals surface area contributed by atoms with Gasteiger partial charge in [0.05, 0.1) is 39.8 Å². The fraction of sp³-hybridized carbons (Fsp3) is 0. The Morgan fingerprint density at radius 1 is 0.177 bits per heavy atom. The van der Waals surface area contributed by atoms with Crippen LogP contribution in [0.25, 0.3) is 145 Å². The molecule has 5 heteroatoms. The maximum atomic E-state index is 2.71. The molecule has 21 rings (SSSR count). The summed E-state index contributed by atoms with van der Waals surface area (Å²) in [6.07, 6.45) is 0. The third-order valence-electron chi connectivity index (χ3n) is 22.9. The van der Waals surface area contributed by atoms with Crippen LogP contribution in [0.5, 0.6) is 0 Å². The van der Waals surface area contributed by atoms with Crippen molar-refractivity contribution < 1.29 is 0 Å². The number of anilines is 6. The molecule has 0 saturated heterocycles. The Morgan fingerprint density at radius 2 is 0.478 bits per heavy atom. The maximum absolute atomic E-state index is 2.71. The number of nitrogens with zero attached hydrogens (tertiary/aromatic N) is 4. The Kier molecular flexibility index (Phi) is 16.7. The quantitative estimate of drug-likeness (QED) is 0.0951. The van der Waals surface area contributed by atoms with Gasteiger partial charge in [0.1, 0.15) is 0 Å². The highest BCUT2D eigenvalue weighted by Gasteiger charge is 2.46. The number of benzene rings is 17. The highest BCUT2D eigenvalue weighted by Crippen LogP contribution is 2.57. The van der Waals surface area contributed by atoms with Gasteiger partial charge in [-0.25, -0.2) is 0 Å². The third kappa shape index (κ3) is 11.4. The van der Waals surface area contributed by atoms with E-state index in [0.717, 1.165) is 179 Å². The molecule has 528 valence electrons. The smallest absolute Gasteiger partial charge is 0.252 e. The Labute approximate surface area is 659 Å². The summed E-state index contributed by atoms with van der Waals surface area (Å²) in [7, 11) is 0. The molecule has 113 heavy (non-hydrogen) atoms. The molecule has 17 aromatic carbocycles. The number of hydrogen-bond donors (Lipinski definition) is 0. The zero-order valence-corrected chi connectivity index (χ0v) is 62.0. The van der Waals surface area contributed by atoms with Crippen molar-refractivity contribution in [3.8, 4) is 134 Å². The van der Waals surface area contributed by atoms with Crippen molar-refractivity contribution in [1.29, 1.82) is 0 Å². The van der Waals surface area contributed by atoms with Gasteiger partial charge in [0.2, 0.25) is 0 Å². The number of rotatable bonds is 15. The first-order valence-electron chi connectivity index (χ1n) is 39.0. The lowest BCUT2D eigenvalue weighted by Crippen LogP contribution is -2.61. The molecule has 0 bridgehead atoms. The van der Waals surface area contributed by atoms with Crippen molar-refractivity contribution in [3.63, 3.8) is 0 Å². The van der Waals surface area contributed by atoms with Crippen LogP contribution >= 0.6 is 0 Å². The van der Waals surface area contributed by atoms with Crippen molar-refractivity contribution in [2.24, 2.45) is 0 Å². The lowest BCUT2D eigenvalue weighted by atomic mass is 9.33. The molecular weight excluding hydrogens is 1360 g/mol. The lowest BCUT2D eigenvalue weighted by molar-refractivity contribution is 1.09. The molecule has 0 amide bonds. The minimum Gasteiger partial charge on any atom is -0.310 e. The Balaban J connectivity index is 0.984. The van der Waals surface area contributed by atoms with E-state index in [9.17, 15) is 0 Å². The van der Waals surface area contributed by atoms with E-state index in [4.69, 9.17) is 0 Å². The second-order valence-electron chi connectivity index (χ2n) is 29.3. The van der Waals surface area contributed by atoms with Crippen LogP contribution in [0.3, 0.4) is 0 Å². The van der Waals surface area contributed by atoms with Crippen LogP contribution < -0.4 is 26.2 Å². The van der Waals surface area contributed by atoms with E-state index >= 15 is 0 Å². The van der Waals surface area contributed by atoms with E-state index in [1.165, 1.54) is 16.4 Å². The van der Waals surface area contributed by atoms with Gasteiger partial charge in [-0.15, -0.1) is 0 Å². The fourth-order valence-corrected chi connectivity index (χ4v) is 18.1. The van der Waals surface area contributed by atoms with Gasteiger partial charge in [-0.05, 0) is 113 Å². The van der Waals surface area contributed by atoms with Crippen LogP contribution in [0.15, 0.2) is 443 Å². The number of fused-ring (bicyclic) bond motifs is 5. The summed E-state index contributed by atoms with van der Waals surface area (Å²) in [5.74, 6) is 0. The molecule has 2 aliphatic heterocycles. The van der Waals surface area contributed by atoms with Crippen molar-refractivity contribution in [2.75, 3.05) is 9.80 Å². The predicted molar refractivity (Wildman–Crippen MR) is 476 cm³/mol. The number of para-hydroxylation sites is 2. The zero-order valence-electron chi connectivity index (χ0n) is 62.0. The molecule has 2 aliphatic rings. The van der Waals surface area contributed by atoms with Gasteiger partial charge < -0.3 is 18.9 Å². The van der Waals surface area contributed by atoms with Gasteiger partial charge in [0, 0.05) is 72.6 Å². The standard InChI is InChI=1S/C108H73BN4/c1-12-38-74(39-13-1)85-66-69-96-95(70-85)109-94-68-67-86(110-105(83-56-30-10-31-57-83)100(79-48-22-6-23-49-79)101(80-50-24-7-25-51-80)106(110)84-58-32-11-33-59-84)71-97(94)113(108-90(77-44-18-4-19-45-77)64-37-65-91(108)78-46-20-5-21-47-78)99-73-87(111-103(81-52-26-8-27-53-81)92-60-34-35-61-93(92)104(111)82-54-28-9-29-55-82)72-98(102(99)109)112(96)107-88(75-40-14-2-15-41-75)62-36-63-89(107)76-42-16-3-17-43-76/h1-73H. The molecule has 0 saturated carbocycles. The molecule has 0 N–H and O–H groups in total. The van der Waals surface area contributed by atoms with Crippen LogP contribution in [0.1, 0.15) is 0 Å². The zero-order chi connectivity index (χ0) is 74.7. The second kappa shape index (κ2) is 28.3. The first kappa shape index (κ1) is 66.4. The van der Waals surface area contributed by atoms with E-state index in [0.29, 0.717) is 0 Å². The molecule has 0 atom stereocenters. The van der Waals surface area contributed by atoms with Gasteiger partial charge >= 0.3 is 0 Å². The molecular formula is C108H73BN4. The number of hydrogen-bond acceptors (Lipinski definition) is 2. The summed E-state index contributed by atoms with van der Waals surface area (Å²) in [6, 6.07) is 165. The molecule has 0 spiro atoms. The summed E-state index contributed by atoms with van der Waals surface area (Å²) in [5.41, 5.74) is 36.5. The van der Waals surface area contributed by atoms with E-state index in [2.05, 4.69) is 462 Å². The Morgan fingerprint density at radius 3 is 0.850 bits per heavy atom. The third-order valence-corrected chi connectivity index (χ3v) is 22.9. The summed E-state index contributed by atoms with van der Waals surface area (Å²) in [6.45, 7) is -0.352. The summed E-state index contributed by atoms with van der Waals surface area (Å²) < 4.78 is 5.21. The minimum atomic E-state index is -0.352. The molecule has 2 aromatic heterocycles. The lowest BCUT2D eigenvalue weighted by Gasteiger charge is -2.46. The average Bonchev–Trinajstić information content (AvgIpc) is 1.42. The van der Waals surface area contributed by atoms with Crippen molar-refractivity contribution >= 4 is 68.0 Å².